The number of hydrogen-bond donors (Lipinski definition) is 1. The van der Waals surface area contributed by atoms with Crippen molar-refractivity contribution in [3.63, 3.8) is 0 Å². The van der Waals surface area contributed by atoms with Crippen LogP contribution in [0.25, 0.3) is 0 Å². The minimum Gasteiger partial charge on any atom is -0.309 e. The molecule has 4 heteroatoms. The molecule has 102 valence electrons. The second-order valence-corrected chi connectivity index (χ2v) is 5.17. The molecule has 2 aromatic rings. The molecule has 1 N–H and O–H groups in total. The van der Waals surface area contributed by atoms with Crippen molar-refractivity contribution in [1.82, 2.24) is 20.1 Å². The first-order valence-corrected chi connectivity index (χ1v) is 6.79. The molecular formula is C15H22N4. The molecule has 0 aliphatic heterocycles. The monoisotopic (exact) mass is 258 g/mol. The number of rotatable bonds is 6. The van der Waals surface area contributed by atoms with Gasteiger partial charge in [-0.1, -0.05) is 44.2 Å². The third-order valence-electron chi connectivity index (χ3n) is 3.19. The molecule has 0 aliphatic rings. The summed E-state index contributed by atoms with van der Waals surface area (Å²) >= 11 is 0. The molecule has 0 saturated heterocycles. The fourth-order valence-corrected chi connectivity index (χ4v) is 2.24. The van der Waals surface area contributed by atoms with Gasteiger partial charge in [-0.2, -0.15) is 5.10 Å². The number of aromatic nitrogens is 3. The van der Waals surface area contributed by atoms with E-state index < -0.39 is 0 Å². The lowest BCUT2D eigenvalue weighted by atomic mass is 9.96. The van der Waals surface area contributed by atoms with Crippen molar-refractivity contribution in [1.29, 1.82) is 0 Å². The lowest BCUT2D eigenvalue weighted by Crippen LogP contribution is -2.27. The lowest BCUT2D eigenvalue weighted by Gasteiger charge is -2.22. The van der Waals surface area contributed by atoms with Gasteiger partial charge < -0.3 is 5.32 Å². The summed E-state index contributed by atoms with van der Waals surface area (Å²) in [4.78, 5) is 4.24. The van der Waals surface area contributed by atoms with Crippen molar-refractivity contribution in [2.45, 2.75) is 26.3 Å². The zero-order valence-electron chi connectivity index (χ0n) is 11.9. The molecule has 4 nitrogen and oxygen atoms in total. The number of aryl methyl sites for hydroxylation is 1. The summed E-state index contributed by atoms with van der Waals surface area (Å²) in [5.41, 5.74) is 1.34. The van der Waals surface area contributed by atoms with E-state index in [1.165, 1.54) is 5.56 Å². The molecule has 1 aromatic carbocycles. The molecule has 0 fully saturated rings. The molecule has 1 aromatic heterocycles. The predicted octanol–water partition coefficient (Wildman–Crippen LogP) is 2.34. The Bertz CT molecular complexity index is 490. The quantitative estimate of drug-likeness (QED) is 0.865. The first-order chi connectivity index (χ1) is 9.16. The van der Waals surface area contributed by atoms with Crippen LogP contribution in [-0.2, 0) is 13.5 Å². The van der Waals surface area contributed by atoms with Crippen molar-refractivity contribution >= 4 is 0 Å². The first kappa shape index (κ1) is 13.7. The highest BCUT2D eigenvalue weighted by atomic mass is 15.3. The summed E-state index contributed by atoms with van der Waals surface area (Å²) in [5, 5.41) is 7.89. The average molecular weight is 258 g/mol. The number of benzene rings is 1. The summed E-state index contributed by atoms with van der Waals surface area (Å²) in [6.45, 7) is 5.37. The van der Waals surface area contributed by atoms with Gasteiger partial charge >= 0.3 is 0 Å². The van der Waals surface area contributed by atoms with Crippen molar-refractivity contribution in [2.24, 2.45) is 13.0 Å². The normalized spacial score (nSPS) is 12.8. The molecule has 2 rings (SSSR count). The second-order valence-electron chi connectivity index (χ2n) is 5.17. The van der Waals surface area contributed by atoms with Crippen LogP contribution in [0.4, 0.5) is 0 Å². The molecule has 0 radical (unpaired) electrons. The Hall–Kier alpha value is -1.68. The van der Waals surface area contributed by atoms with Gasteiger partial charge in [0.05, 0.1) is 0 Å². The van der Waals surface area contributed by atoms with Crippen LogP contribution in [0.3, 0.4) is 0 Å². The molecule has 0 spiro atoms. The summed E-state index contributed by atoms with van der Waals surface area (Å²) < 4.78 is 1.74. The fourth-order valence-electron chi connectivity index (χ4n) is 2.24. The predicted molar refractivity (Wildman–Crippen MR) is 76.7 cm³/mol. The Kier molecular flexibility index (Phi) is 4.68. The maximum absolute atomic E-state index is 4.29. The Labute approximate surface area is 114 Å². The topological polar surface area (TPSA) is 42.7 Å². The van der Waals surface area contributed by atoms with Crippen LogP contribution in [0, 0.1) is 5.92 Å². The van der Waals surface area contributed by atoms with Gasteiger partial charge in [0.1, 0.15) is 6.33 Å². The fraction of sp³-hybridized carbons (Fsp3) is 0.467. The van der Waals surface area contributed by atoms with Crippen LogP contribution in [0.2, 0.25) is 0 Å². The SMILES string of the molecule is CC(C)C(NCCc1ncn(C)n1)c1ccccc1. The molecular weight excluding hydrogens is 236 g/mol. The second kappa shape index (κ2) is 6.48. The van der Waals surface area contributed by atoms with Crippen molar-refractivity contribution in [3.05, 3.63) is 48.0 Å². The van der Waals surface area contributed by atoms with Gasteiger partial charge in [-0.05, 0) is 11.5 Å². The van der Waals surface area contributed by atoms with Crippen LogP contribution < -0.4 is 5.32 Å². The van der Waals surface area contributed by atoms with E-state index >= 15 is 0 Å². The molecule has 1 heterocycles. The van der Waals surface area contributed by atoms with Gasteiger partial charge in [0.15, 0.2) is 5.82 Å². The van der Waals surface area contributed by atoms with Crippen LogP contribution in [0.1, 0.15) is 31.3 Å². The number of hydrogen-bond acceptors (Lipinski definition) is 3. The van der Waals surface area contributed by atoms with Crippen LogP contribution in [0.5, 0.6) is 0 Å². The van der Waals surface area contributed by atoms with E-state index in [0.717, 1.165) is 18.8 Å². The highest BCUT2D eigenvalue weighted by Gasteiger charge is 2.14. The van der Waals surface area contributed by atoms with Crippen molar-refractivity contribution in [3.8, 4) is 0 Å². The van der Waals surface area contributed by atoms with Crippen molar-refractivity contribution in [2.75, 3.05) is 6.54 Å². The van der Waals surface area contributed by atoms with E-state index in [1.54, 1.807) is 11.0 Å². The molecule has 0 saturated carbocycles. The first-order valence-electron chi connectivity index (χ1n) is 6.79. The van der Waals surface area contributed by atoms with E-state index in [0.29, 0.717) is 12.0 Å². The molecule has 1 unspecified atom stereocenters. The Morgan fingerprint density at radius 2 is 1.95 bits per heavy atom. The molecule has 0 aliphatic carbocycles. The third kappa shape index (κ3) is 3.89. The van der Waals surface area contributed by atoms with Crippen molar-refractivity contribution < 1.29 is 0 Å². The van der Waals surface area contributed by atoms with Gasteiger partial charge in [0.2, 0.25) is 0 Å². The summed E-state index contributed by atoms with van der Waals surface area (Å²) in [7, 11) is 1.89. The van der Waals surface area contributed by atoms with Gasteiger partial charge in [-0.15, -0.1) is 0 Å². The highest BCUT2D eigenvalue weighted by molar-refractivity contribution is 5.19. The van der Waals surface area contributed by atoms with E-state index in [1.807, 2.05) is 7.05 Å². The van der Waals surface area contributed by atoms with Gasteiger partial charge in [-0.3, -0.25) is 4.68 Å². The highest BCUT2D eigenvalue weighted by Crippen LogP contribution is 2.20. The van der Waals surface area contributed by atoms with Gasteiger partial charge in [-0.25, -0.2) is 4.98 Å². The van der Waals surface area contributed by atoms with Crippen LogP contribution in [-0.4, -0.2) is 21.3 Å². The average Bonchev–Trinajstić information content (AvgIpc) is 2.81. The number of nitrogens with zero attached hydrogens (tertiary/aromatic N) is 3. The van der Waals surface area contributed by atoms with E-state index in [4.69, 9.17) is 0 Å². The smallest absolute Gasteiger partial charge is 0.151 e. The Morgan fingerprint density at radius 1 is 1.21 bits per heavy atom. The largest absolute Gasteiger partial charge is 0.309 e. The molecule has 1 atom stereocenters. The van der Waals surface area contributed by atoms with Crippen LogP contribution >= 0.6 is 0 Å². The van der Waals surface area contributed by atoms with Crippen LogP contribution in [0.15, 0.2) is 36.7 Å². The standard InChI is InChI=1S/C15H22N4/c1-12(2)15(13-7-5-4-6-8-13)16-10-9-14-17-11-19(3)18-14/h4-8,11-12,15-16H,9-10H2,1-3H3. The Balaban J connectivity index is 1.91. The summed E-state index contributed by atoms with van der Waals surface area (Å²) in [5.74, 6) is 1.45. The summed E-state index contributed by atoms with van der Waals surface area (Å²) in [6, 6.07) is 11.0. The maximum Gasteiger partial charge on any atom is 0.151 e. The summed E-state index contributed by atoms with van der Waals surface area (Å²) in [6.07, 6.45) is 2.60. The molecule has 19 heavy (non-hydrogen) atoms. The third-order valence-corrected chi connectivity index (χ3v) is 3.19. The Morgan fingerprint density at radius 3 is 2.53 bits per heavy atom. The lowest BCUT2D eigenvalue weighted by molar-refractivity contribution is 0.413. The van der Waals surface area contributed by atoms with Gasteiger partial charge in [0, 0.05) is 26.1 Å². The molecule has 0 amide bonds. The minimum atomic E-state index is 0.380. The number of nitrogens with one attached hydrogen (secondary N) is 1. The van der Waals surface area contributed by atoms with E-state index in [9.17, 15) is 0 Å². The van der Waals surface area contributed by atoms with E-state index in [2.05, 4.69) is 59.6 Å². The zero-order chi connectivity index (χ0) is 13.7. The molecule has 0 bridgehead atoms. The maximum atomic E-state index is 4.29. The zero-order valence-corrected chi connectivity index (χ0v) is 11.9. The van der Waals surface area contributed by atoms with Gasteiger partial charge in [0.25, 0.3) is 0 Å². The van der Waals surface area contributed by atoms with E-state index in [-0.39, 0.29) is 0 Å². The minimum absolute atomic E-state index is 0.380.